The summed E-state index contributed by atoms with van der Waals surface area (Å²) in [7, 11) is 0. The average molecular weight is 294 g/mol. The topological polar surface area (TPSA) is 113 Å². The van der Waals surface area contributed by atoms with E-state index in [1.54, 1.807) is 0 Å². The molecule has 1 rings (SSSR count). The molecule has 0 atom stereocenters. The third-order valence-electron chi connectivity index (χ3n) is 2.61. The number of nitrogens with one attached hydrogen (secondary N) is 3. The highest BCUT2D eigenvalue weighted by Gasteiger charge is 2.16. The molecule has 0 radical (unpaired) electrons. The van der Waals surface area contributed by atoms with Crippen LogP contribution in [0.15, 0.2) is 18.2 Å². The van der Waals surface area contributed by atoms with Crippen LogP contribution in [0.4, 0.5) is 11.4 Å². The van der Waals surface area contributed by atoms with Crippen molar-refractivity contribution < 1.29 is 14.5 Å². The fraction of sp³-hybridized carbons (Fsp3) is 0.385. The molecule has 0 fully saturated rings. The zero-order valence-electron chi connectivity index (χ0n) is 11.9. The van der Waals surface area contributed by atoms with E-state index in [0.29, 0.717) is 24.3 Å². The normalized spacial score (nSPS) is 9.81. The van der Waals surface area contributed by atoms with E-state index in [-0.39, 0.29) is 24.0 Å². The summed E-state index contributed by atoms with van der Waals surface area (Å²) in [5.74, 6) is -0.525. The molecule has 0 saturated heterocycles. The number of nitro groups is 1. The Hall–Kier alpha value is -2.64. The van der Waals surface area contributed by atoms with Gasteiger partial charge in [-0.1, -0.05) is 0 Å². The summed E-state index contributed by atoms with van der Waals surface area (Å²) in [6.07, 6.45) is 0. The number of nitrogens with zero attached hydrogens (tertiary/aromatic N) is 1. The van der Waals surface area contributed by atoms with Crippen LogP contribution in [0.1, 0.15) is 24.2 Å². The second kappa shape index (κ2) is 7.83. The van der Waals surface area contributed by atoms with E-state index < -0.39 is 4.92 Å². The first-order valence-corrected chi connectivity index (χ1v) is 6.50. The van der Waals surface area contributed by atoms with Gasteiger partial charge in [-0.15, -0.1) is 0 Å². The van der Waals surface area contributed by atoms with Crippen molar-refractivity contribution in [2.45, 2.75) is 13.8 Å². The first-order chi connectivity index (χ1) is 9.95. The van der Waals surface area contributed by atoms with Gasteiger partial charge in [-0.05, 0) is 19.1 Å². The monoisotopic (exact) mass is 294 g/mol. The summed E-state index contributed by atoms with van der Waals surface area (Å²) in [5.41, 5.74) is 0.544. The smallest absolute Gasteiger partial charge is 0.292 e. The zero-order chi connectivity index (χ0) is 15.8. The molecule has 0 bridgehead atoms. The molecule has 1 aromatic rings. The van der Waals surface area contributed by atoms with Crippen LogP contribution in [-0.4, -0.2) is 36.4 Å². The highest BCUT2D eigenvalue weighted by Crippen LogP contribution is 2.25. The molecule has 0 spiro atoms. The van der Waals surface area contributed by atoms with E-state index >= 15 is 0 Å². The molecule has 2 amide bonds. The fourth-order valence-electron chi connectivity index (χ4n) is 1.69. The van der Waals surface area contributed by atoms with Crippen molar-refractivity contribution in [2.75, 3.05) is 25.0 Å². The SMILES string of the molecule is CCNc1cc(C(=O)NCCNC(C)=O)ccc1[N+](=O)[O-]. The number of anilines is 1. The Morgan fingerprint density at radius 1 is 1.24 bits per heavy atom. The van der Waals surface area contributed by atoms with Crippen molar-refractivity contribution in [1.29, 1.82) is 0 Å². The summed E-state index contributed by atoms with van der Waals surface area (Å²) in [5, 5.41) is 18.9. The van der Waals surface area contributed by atoms with Crippen LogP contribution in [0, 0.1) is 10.1 Å². The van der Waals surface area contributed by atoms with E-state index in [2.05, 4.69) is 16.0 Å². The van der Waals surface area contributed by atoms with E-state index in [9.17, 15) is 19.7 Å². The van der Waals surface area contributed by atoms with Gasteiger partial charge < -0.3 is 16.0 Å². The molecular weight excluding hydrogens is 276 g/mol. The third kappa shape index (κ3) is 5.09. The van der Waals surface area contributed by atoms with E-state index in [1.165, 1.54) is 25.1 Å². The van der Waals surface area contributed by atoms with Gasteiger partial charge in [-0.3, -0.25) is 19.7 Å². The summed E-state index contributed by atoms with van der Waals surface area (Å²) >= 11 is 0. The van der Waals surface area contributed by atoms with Crippen molar-refractivity contribution in [3.8, 4) is 0 Å². The highest BCUT2D eigenvalue weighted by atomic mass is 16.6. The van der Waals surface area contributed by atoms with Gasteiger partial charge in [-0.25, -0.2) is 0 Å². The minimum Gasteiger partial charge on any atom is -0.380 e. The Kier molecular flexibility index (Phi) is 6.12. The van der Waals surface area contributed by atoms with Gasteiger partial charge in [-0.2, -0.15) is 0 Å². The van der Waals surface area contributed by atoms with Gasteiger partial charge in [0.05, 0.1) is 4.92 Å². The summed E-state index contributed by atoms with van der Waals surface area (Å²) in [6, 6.07) is 4.13. The van der Waals surface area contributed by atoms with Crippen LogP contribution in [0.3, 0.4) is 0 Å². The highest BCUT2D eigenvalue weighted by molar-refractivity contribution is 5.95. The van der Waals surface area contributed by atoms with Crippen LogP contribution >= 0.6 is 0 Å². The molecule has 0 heterocycles. The quantitative estimate of drug-likeness (QED) is 0.392. The van der Waals surface area contributed by atoms with Gasteiger partial charge in [0, 0.05) is 38.2 Å². The summed E-state index contributed by atoms with van der Waals surface area (Å²) in [4.78, 5) is 33.0. The zero-order valence-corrected chi connectivity index (χ0v) is 11.9. The molecule has 1 aromatic carbocycles. The van der Waals surface area contributed by atoms with Crippen LogP contribution in [0.2, 0.25) is 0 Å². The number of benzene rings is 1. The first kappa shape index (κ1) is 16.4. The molecule has 114 valence electrons. The summed E-state index contributed by atoms with van der Waals surface area (Å²) in [6.45, 7) is 4.32. The Morgan fingerprint density at radius 2 is 1.90 bits per heavy atom. The van der Waals surface area contributed by atoms with Gasteiger partial charge in [0.1, 0.15) is 5.69 Å². The molecule has 21 heavy (non-hydrogen) atoms. The molecule has 0 saturated carbocycles. The number of nitro benzene ring substituents is 1. The first-order valence-electron chi connectivity index (χ1n) is 6.50. The predicted molar refractivity (Wildman–Crippen MR) is 78.3 cm³/mol. The fourth-order valence-corrected chi connectivity index (χ4v) is 1.69. The number of carbonyl (C=O) groups is 2. The largest absolute Gasteiger partial charge is 0.380 e. The standard InChI is InChI=1S/C13H18N4O4/c1-3-14-11-8-10(4-5-12(11)17(20)21)13(19)16-7-6-15-9(2)18/h4-5,8,14H,3,6-7H2,1-2H3,(H,15,18)(H,16,19). The lowest BCUT2D eigenvalue weighted by Gasteiger charge is -2.08. The van der Waals surface area contributed by atoms with E-state index in [1.807, 2.05) is 6.92 Å². The Labute approximate surface area is 122 Å². The number of amides is 2. The van der Waals surface area contributed by atoms with Gasteiger partial charge in [0.25, 0.3) is 11.6 Å². The Bertz CT molecular complexity index is 545. The molecule has 0 aliphatic carbocycles. The minimum absolute atomic E-state index is 0.0772. The van der Waals surface area contributed by atoms with Crippen LogP contribution in [-0.2, 0) is 4.79 Å². The van der Waals surface area contributed by atoms with Crippen molar-refractivity contribution in [2.24, 2.45) is 0 Å². The van der Waals surface area contributed by atoms with Crippen LogP contribution in [0.5, 0.6) is 0 Å². The Morgan fingerprint density at radius 3 is 2.48 bits per heavy atom. The molecule has 0 aliphatic rings. The number of rotatable bonds is 7. The number of hydrogen-bond acceptors (Lipinski definition) is 5. The lowest BCUT2D eigenvalue weighted by molar-refractivity contribution is -0.384. The maximum absolute atomic E-state index is 11.9. The van der Waals surface area contributed by atoms with Crippen molar-refractivity contribution in [3.05, 3.63) is 33.9 Å². The molecule has 3 N–H and O–H groups in total. The molecule has 0 unspecified atom stereocenters. The minimum atomic E-state index is -0.504. The second-order valence-electron chi connectivity index (χ2n) is 4.26. The van der Waals surface area contributed by atoms with Crippen LogP contribution in [0.25, 0.3) is 0 Å². The molecule has 8 heteroatoms. The number of carbonyl (C=O) groups excluding carboxylic acids is 2. The predicted octanol–water partition coefficient (Wildman–Crippen LogP) is 0.892. The van der Waals surface area contributed by atoms with E-state index in [0.717, 1.165) is 0 Å². The van der Waals surface area contributed by atoms with Crippen molar-refractivity contribution in [3.63, 3.8) is 0 Å². The molecule has 0 aromatic heterocycles. The lowest BCUT2D eigenvalue weighted by Crippen LogP contribution is -2.33. The lowest BCUT2D eigenvalue weighted by atomic mass is 10.1. The second-order valence-corrected chi connectivity index (χ2v) is 4.26. The van der Waals surface area contributed by atoms with Crippen molar-refractivity contribution >= 4 is 23.2 Å². The molecule has 8 nitrogen and oxygen atoms in total. The van der Waals surface area contributed by atoms with Gasteiger partial charge in [0.2, 0.25) is 5.91 Å². The van der Waals surface area contributed by atoms with Gasteiger partial charge in [0.15, 0.2) is 0 Å². The molecule has 0 aliphatic heterocycles. The van der Waals surface area contributed by atoms with E-state index in [4.69, 9.17) is 0 Å². The third-order valence-corrected chi connectivity index (χ3v) is 2.61. The molecular formula is C13H18N4O4. The Balaban J connectivity index is 2.74. The maximum Gasteiger partial charge on any atom is 0.292 e. The number of hydrogen-bond donors (Lipinski definition) is 3. The van der Waals surface area contributed by atoms with Crippen molar-refractivity contribution in [1.82, 2.24) is 10.6 Å². The average Bonchev–Trinajstić information content (AvgIpc) is 2.43. The van der Waals surface area contributed by atoms with Crippen LogP contribution < -0.4 is 16.0 Å². The maximum atomic E-state index is 11.9. The van der Waals surface area contributed by atoms with Gasteiger partial charge >= 0.3 is 0 Å². The summed E-state index contributed by atoms with van der Waals surface area (Å²) < 4.78 is 0.